The molecule has 0 aliphatic rings. The van der Waals surface area contributed by atoms with Gasteiger partial charge in [0, 0.05) is 0 Å². The van der Waals surface area contributed by atoms with Crippen molar-refractivity contribution in [1.29, 1.82) is 0 Å². The molecule has 0 unspecified atom stereocenters. The quantitative estimate of drug-likeness (QED) is 0.0247. The number of benzene rings is 4. The molecule has 0 saturated carbocycles. The predicted molar refractivity (Wildman–Crippen MR) is 332 cm³/mol. The molecule has 77 heavy (non-hydrogen) atoms. The molecule has 4 aromatic rings. The third-order valence-electron chi connectivity index (χ3n) is 16.0. The summed E-state index contributed by atoms with van der Waals surface area (Å²) in [5, 5.41) is 3.99. The zero-order valence-corrected chi connectivity index (χ0v) is 53.7. The average molecular weight is 1130 g/mol. The number of fused-ring (bicyclic) bond motifs is 2. The van der Waals surface area contributed by atoms with Crippen molar-refractivity contribution in [3.8, 4) is 0 Å². The zero-order valence-electron chi connectivity index (χ0n) is 49.9. The van der Waals surface area contributed by atoms with E-state index in [0.29, 0.717) is 0 Å². The minimum Gasteiger partial charge on any atom is -0.744 e. The Morgan fingerprint density at radius 2 is 0.506 bits per heavy atom. The van der Waals surface area contributed by atoms with Gasteiger partial charge in [-0.3, -0.25) is 0 Å². The molecule has 0 spiro atoms. The van der Waals surface area contributed by atoms with Crippen LogP contribution in [0, 0.1) is 0 Å². The maximum absolute atomic E-state index is 11.9. The Bertz CT molecular complexity index is 2160. The molecule has 0 aromatic heterocycles. The summed E-state index contributed by atoms with van der Waals surface area (Å²) < 4.78 is 71.2. The number of aryl methyl sites for hydroxylation is 4. The molecule has 0 N–H and O–H groups in total. The van der Waals surface area contributed by atoms with E-state index in [1.807, 2.05) is 0 Å². The number of hydrogen-bond acceptors (Lipinski definition) is 6. The van der Waals surface area contributed by atoms with Crippen molar-refractivity contribution in [2.24, 2.45) is 0 Å². The Labute approximate surface area is 504 Å². The Morgan fingerprint density at radius 3 is 0.740 bits per heavy atom. The van der Waals surface area contributed by atoms with Gasteiger partial charge in [-0.2, -0.15) is 0 Å². The van der Waals surface area contributed by atoms with Crippen LogP contribution in [0.25, 0.3) is 21.5 Å². The van der Waals surface area contributed by atoms with E-state index in [2.05, 4.69) is 64.1 Å². The Morgan fingerprint density at radius 1 is 0.286 bits per heavy atom. The van der Waals surface area contributed by atoms with Crippen molar-refractivity contribution in [2.45, 2.75) is 320 Å². The molecular weight excluding hydrogens is 1020 g/mol. The van der Waals surface area contributed by atoms with Gasteiger partial charge in [-0.25, -0.2) is 16.8 Å². The van der Waals surface area contributed by atoms with E-state index in [0.717, 1.165) is 96.9 Å². The first kappa shape index (κ1) is 71.6. The van der Waals surface area contributed by atoms with Gasteiger partial charge in [0.1, 0.15) is 20.2 Å². The van der Waals surface area contributed by atoms with E-state index in [-0.39, 0.29) is 47.5 Å². The van der Waals surface area contributed by atoms with Crippen LogP contribution >= 0.6 is 0 Å². The van der Waals surface area contributed by atoms with Gasteiger partial charge >= 0.3 is 37.7 Å². The monoisotopic (exact) mass is 1130 g/mol. The van der Waals surface area contributed by atoms with Gasteiger partial charge in [0.2, 0.25) is 0 Å². The van der Waals surface area contributed by atoms with Crippen molar-refractivity contribution >= 4 is 79.5 Å². The second-order valence-corrected chi connectivity index (χ2v) is 25.7. The molecule has 0 radical (unpaired) electrons. The van der Waals surface area contributed by atoms with Crippen molar-refractivity contribution in [3.63, 3.8) is 0 Å². The van der Waals surface area contributed by atoms with Gasteiger partial charge in [-0.05, 0) is 119 Å². The van der Waals surface area contributed by atoms with Crippen molar-refractivity contribution in [2.75, 3.05) is 0 Å². The summed E-state index contributed by atoms with van der Waals surface area (Å²) in [6.07, 6.45) is 55.5. The Kier molecular flexibility index (Phi) is 41.9. The molecule has 0 amide bonds. The third kappa shape index (κ3) is 33.2. The standard InChI is InChI=1S/2C34H56O3S.Ca/c2*1-3-5-7-9-11-13-15-17-19-21-23-30-25-26-34-31(28-33(38(35,36)37)29-32(34)27-30)24-22-20-18-16-14-12-10-8-6-4-2;/h2*25-29H,3-24H2,1-2H3,(H,35,36,37);/q;;+2/p-2. The molecule has 0 saturated heterocycles. The fraction of sp³-hybridized carbons (Fsp3) is 0.706. The summed E-state index contributed by atoms with van der Waals surface area (Å²) in [6, 6.07) is 19.3. The molecule has 0 heterocycles. The van der Waals surface area contributed by atoms with E-state index in [1.165, 1.54) is 229 Å². The first-order valence-electron chi connectivity index (χ1n) is 31.9. The first-order valence-corrected chi connectivity index (χ1v) is 34.8. The molecule has 4 rings (SSSR count). The van der Waals surface area contributed by atoms with E-state index < -0.39 is 20.2 Å². The van der Waals surface area contributed by atoms with Crippen LogP contribution in [0.3, 0.4) is 0 Å². The minimum atomic E-state index is -4.47. The predicted octanol–water partition coefficient (Wildman–Crippen LogP) is 21.0. The van der Waals surface area contributed by atoms with Crippen LogP contribution in [0.4, 0.5) is 0 Å². The van der Waals surface area contributed by atoms with Crippen LogP contribution < -0.4 is 0 Å². The van der Waals surface area contributed by atoms with E-state index in [9.17, 15) is 25.9 Å². The van der Waals surface area contributed by atoms with Gasteiger partial charge < -0.3 is 9.11 Å². The van der Waals surface area contributed by atoms with Gasteiger partial charge in [0.05, 0.1) is 9.79 Å². The van der Waals surface area contributed by atoms with Gasteiger partial charge in [-0.1, -0.05) is 295 Å². The molecular formula is C68H110CaO6S2. The fourth-order valence-electron chi connectivity index (χ4n) is 11.2. The molecule has 0 aliphatic carbocycles. The van der Waals surface area contributed by atoms with Gasteiger partial charge in [0.25, 0.3) is 0 Å². The van der Waals surface area contributed by atoms with Crippen molar-refractivity contribution in [1.82, 2.24) is 0 Å². The van der Waals surface area contributed by atoms with E-state index in [4.69, 9.17) is 0 Å². The molecule has 432 valence electrons. The zero-order chi connectivity index (χ0) is 55.0. The van der Waals surface area contributed by atoms with Crippen LogP contribution in [0.2, 0.25) is 0 Å². The number of rotatable bonds is 46. The summed E-state index contributed by atoms with van der Waals surface area (Å²) in [4.78, 5) is -0.161. The SMILES string of the molecule is CCCCCCCCCCCCc1ccc2c(CCCCCCCCCCCC)cc(S(=O)(=O)[O-])cc2c1.CCCCCCCCCCCCc1ccc2c(CCCCCCCCCCCC)cc(S(=O)(=O)[O-])cc2c1.[Ca+2]. The largest absolute Gasteiger partial charge is 2.00 e. The Balaban J connectivity index is 0.000000520. The minimum absolute atomic E-state index is 0. The molecule has 4 aromatic carbocycles. The smallest absolute Gasteiger partial charge is 0.744 e. The third-order valence-corrected chi connectivity index (χ3v) is 17.6. The fourth-order valence-corrected chi connectivity index (χ4v) is 12.3. The van der Waals surface area contributed by atoms with Gasteiger partial charge in [0.15, 0.2) is 0 Å². The summed E-state index contributed by atoms with van der Waals surface area (Å²) in [5.41, 5.74) is 4.48. The van der Waals surface area contributed by atoms with E-state index in [1.54, 1.807) is 24.3 Å². The average Bonchev–Trinajstić information content (AvgIpc) is 3.40. The van der Waals surface area contributed by atoms with Crippen LogP contribution in [0.1, 0.15) is 307 Å². The summed E-state index contributed by atoms with van der Waals surface area (Å²) in [6.45, 7) is 9.03. The van der Waals surface area contributed by atoms with Crippen LogP contribution in [0.5, 0.6) is 0 Å². The normalized spacial score (nSPS) is 11.8. The topological polar surface area (TPSA) is 114 Å². The second-order valence-electron chi connectivity index (χ2n) is 22.9. The number of hydrogen-bond donors (Lipinski definition) is 0. The summed E-state index contributed by atoms with van der Waals surface area (Å²) in [5.74, 6) is 0. The maximum Gasteiger partial charge on any atom is 2.00 e. The van der Waals surface area contributed by atoms with Gasteiger partial charge in [-0.15, -0.1) is 0 Å². The summed E-state index contributed by atoms with van der Waals surface area (Å²) >= 11 is 0. The second kappa shape index (κ2) is 45.1. The van der Waals surface area contributed by atoms with Crippen molar-refractivity contribution < 1.29 is 25.9 Å². The van der Waals surface area contributed by atoms with Crippen LogP contribution in [-0.2, 0) is 45.9 Å². The molecule has 0 bridgehead atoms. The maximum atomic E-state index is 11.9. The number of unbranched alkanes of at least 4 members (excludes halogenated alkanes) is 36. The molecule has 0 atom stereocenters. The van der Waals surface area contributed by atoms with Crippen LogP contribution in [-0.4, -0.2) is 63.7 Å². The first-order chi connectivity index (χ1) is 36.9. The molecule has 9 heteroatoms. The van der Waals surface area contributed by atoms with E-state index >= 15 is 0 Å². The molecule has 0 fully saturated rings. The Hall–Kier alpha value is -1.52. The molecule has 6 nitrogen and oxygen atoms in total. The van der Waals surface area contributed by atoms with Crippen LogP contribution in [0.15, 0.2) is 70.5 Å². The van der Waals surface area contributed by atoms with Crippen molar-refractivity contribution in [3.05, 3.63) is 82.9 Å². The summed E-state index contributed by atoms with van der Waals surface area (Å²) in [7, 11) is -8.94. The molecule has 0 aliphatic heterocycles.